The van der Waals surface area contributed by atoms with Crippen LogP contribution in [0.5, 0.6) is 5.75 Å². The fraction of sp³-hybridized carbons (Fsp3) is 0.133. The topological polar surface area (TPSA) is 38.3 Å². The molecule has 0 spiro atoms. The summed E-state index contributed by atoms with van der Waals surface area (Å²) in [4.78, 5) is 12.2. The van der Waals surface area contributed by atoms with Gasteiger partial charge in [-0.2, -0.15) is 0 Å². The van der Waals surface area contributed by atoms with E-state index in [2.05, 4.69) is 5.32 Å². The van der Waals surface area contributed by atoms with Gasteiger partial charge in [-0.25, -0.2) is 4.39 Å². The molecule has 0 heterocycles. The Morgan fingerprint density at radius 1 is 1.30 bits per heavy atom. The second-order valence-electron chi connectivity index (χ2n) is 4.01. The van der Waals surface area contributed by atoms with E-state index < -0.39 is 11.7 Å². The third-order valence-electron chi connectivity index (χ3n) is 2.61. The average Bonchev–Trinajstić information content (AvgIpc) is 2.43. The van der Waals surface area contributed by atoms with Crippen molar-refractivity contribution < 1.29 is 13.9 Å². The van der Waals surface area contributed by atoms with Crippen molar-refractivity contribution in [3.8, 4) is 5.75 Å². The molecule has 0 aromatic heterocycles. The highest BCUT2D eigenvalue weighted by Gasteiger charge is 2.14. The molecule has 0 aliphatic heterocycles. The van der Waals surface area contributed by atoms with Gasteiger partial charge in [0, 0.05) is 5.02 Å². The molecule has 0 aliphatic rings. The van der Waals surface area contributed by atoms with E-state index in [0.29, 0.717) is 17.9 Å². The Morgan fingerprint density at radius 2 is 2.05 bits per heavy atom. The van der Waals surface area contributed by atoms with E-state index in [0.717, 1.165) is 6.07 Å². The first-order chi connectivity index (χ1) is 9.61. The number of benzene rings is 2. The number of halogens is 2. The molecular weight excluding hydrogens is 281 g/mol. The van der Waals surface area contributed by atoms with Crippen LogP contribution in [-0.2, 0) is 0 Å². The molecular formula is C15H13ClFNO2. The lowest BCUT2D eigenvalue weighted by atomic mass is 10.2. The fourth-order valence-electron chi connectivity index (χ4n) is 1.72. The van der Waals surface area contributed by atoms with E-state index in [1.54, 1.807) is 24.3 Å². The monoisotopic (exact) mass is 293 g/mol. The maximum absolute atomic E-state index is 13.6. The van der Waals surface area contributed by atoms with Crippen molar-refractivity contribution in [2.45, 2.75) is 6.92 Å². The van der Waals surface area contributed by atoms with Crippen molar-refractivity contribution >= 4 is 23.2 Å². The Kier molecular flexibility index (Phi) is 4.58. The summed E-state index contributed by atoms with van der Waals surface area (Å²) < 4.78 is 19.0. The van der Waals surface area contributed by atoms with Crippen molar-refractivity contribution in [3.05, 3.63) is 58.9 Å². The van der Waals surface area contributed by atoms with Crippen LogP contribution >= 0.6 is 11.6 Å². The zero-order valence-corrected chi connectivity index (χ0v) is 11.6. The van der Waals surface area contributed by atoms with E-state index in [-0.39, 0.29) is 10.7 Å². The quantitative estimate of drug-likeness (QED) is 0.920. The summed E-state index contributed by atoms with van der Waals surface area (Å²) in [5.74, 6) is -0.558. The summed E-state index contributed by atoms with van der Waals surface area (Å²) in [6.45, 7) is 2.27. The number of rotatable bonds is 4. The van der Waals surface area contributed by atoms with Crippen LogP contribution in [-0.4, -0.2) is 12.5 Å². The van der Waals surface area contributed by atoms with Gasteiger partial charge in [0.1, 0.15) is 11.6 Å². The average molecular weight is 294 g/mol. The lowest BCUT2D eigenvalue weighted by Gasteiger charge is -2.11. The Bertz CT molecular complexity index is 631. The highest BCUT2D eigenvalue weighted by Crippen LogP contribution is 2.22. The predicted molar refractivity (Wildman–Crippen MR) is 77.0 cm³/mol. The molecule has 2 aromatic carbocycles. The molecule has 2 rings (SSSR count). The van der Waals surface area contributed by atoms with Crippen LogP contribution in [0.4, 0.5) is 10.1 Å². The number of carbonyl (C=O) groups is 1. The van der Waals surface area contributed by atoms with E-state index in [4.69, 9.17) is 16.3 Å². The second kappa shape index (κ2) is 6.39. The van der Waals surface area contributed by atoms with E-state index >= 15 is 0 Å². The molecule has 1 N–H and O–H groups in total. The lowest BCUT2D eigenvalue weighted by molar-refractivity contribution is 0.102. The fourth-order valence-corrected chi connectivity index (χ4v) is 1.87. The summed E-state index contributed by atoms with van der Waals surface area (Å²) >= 11 is 5.66. The smallest absolute Gasteiger partial charge is 0.259 e. The summed E-state index contributed by atoms with van der Waals surface area (Å²) in [6.07, 6.45) is 0. The number of amides is 1. The van der Waals surface area contributed by atoms with Gasteiger partial charge >= 0.3 is 0 Å². The standard InChI is InChI=1S/C15H13ClFNO2/c1-2-20-14-6-4-3-5-11(14)15(19)18-13-8-7-10(16)9-12(13)17/h3-9H,2H2,1H3,(H,18,19). The highest BCUT2D eigenvalue weighted by molar-refractivity contribution is 6.30. The lowest BCUT2D eigenvalue weighted by Crippen LogP contribution is -2.14. The van der Waals surface area contributed by atoms with Gasteiger partial charge in [0.25, 0.3) is 5.91 Å². The summed E-state index contributed by atoms with van der Waals surface area (Å²) in [5, 5.41) is 2.77. The Labute approximate surface area is 121 Å². The Balaban J connectivity index is 2.24. The molecule has 104 valence electrons. The molecule has 0 bridgehead atoms. The minimum absolute atomic E-state index is 0.0747. The van der Waals surface area contributed by atoms with Crippen LogP contribution in [0.25, 0.3) is 0 Å². The maximum Gasteiger partial charge on any atom is 0.259 e. The zero-order valence-electron chi connectivity index (χ0n) is 10.8. The van der Waals surface area contributed by atoms with Crippen molar-refractivity contribution in [3.63, 3.8) is 0 Å². The maximum atomic E-state index is 13.6. The predicted octanol–water partition coefficient (Wildman–Crippen LogP) is 4.13. The van der Waals surface area contributed by atoms with Crippen molar-refractivity contribution in [1.29, 1.82) is 0 Å². The van der Waals surface area contributed by atoms with Gasteiger partial charge in [0.15, 0.2) is 0 Å². The first-order valence-corrected chi connectivity index (χ1v) is 6.48. The molecule has 2 aromatic rings. The molecule has 3 nitrogen and oxygen atoms in total. The number of carbonyl (C=O) groups excluding carboxylic acids is 1. The molecule has 0 atom stereocenters. The van der Waals surface area contributed by atoms with Gasteiger partial charge in [0.05, 0.1) is 17.9 Å². The van der Waals surface area contributed by atoms with E-state index in [1.807, 2.05) is 6.92 Å². The van der Waals surface area contributed by atoms with Crippen molar-refractivity contribution in [2.24, 2.45) is 0 Å². The Hall–Kier alpha value is -2.07. The summed E-state index contributed by atoms with van der Waals surface area (Å²) in [5.41, 5.74) is 0.425. The number of nitrogens with one attached hydrogen (secondary N) is 1. The van der Waals surface area contributed by atoms with Crippen LogP contribution in [0, 0.1) is 5.82 Å². The number of ether oxygens (including phenoxy) is 1. The molecule has 0 fully saturated rings. The number of anilines is 1. The second-order valence-corrected chi connectivity index (χ2v) is 4.44. The van der Waals surface area contributed by atoms with Gasteiger partial charge in [-0.3, -0.25) is 4.79 Å². The van der Waals surface area contributed by atoms with Crippen LogP contribution in [0.3, 0.4) is 0 Å². The normalized spacial score (nSPS) is 10.2. The molecule has 5 heteroatoms. The molecule has 20 heavy (non-hydrogen) atoms. The van der Waals surface area contributed by atoms with Crippen LogP contribution in [0.15, 0.2) is 42.5 Å². The molecule has 0 saturated carbocycles. The minimum Gasteiger partial charge on any atom is -0.493 e. The van der Waals surface area contributed by atoms with Gasteiger partial charge in [-0.05, 0) is 37.3 Å². The minimum atomic E-state index is -0.584. The van der Waals surface area contributed by atoms with Crippen molar-refractivity contribution in [1.82, 2.24) is 0 Å². The molecule has 0 radical (unpaired) electrons. The molecule has 0 aliphatic carbocycles. The van der Waals surface area contributed by atoms with Crippen LogP contribution in [0.2, 0.25) is 5.02 Å². The van der Waals surface area contributed by atoms with E-state index in [9.17, 15) is 9.18 Å². The third-order valence-corrected chi connectivity index (χ3v) is 2.85. The SMILES string of the molecule is CCOc1ccccc1C(=O)Nc1ccc(Cl)cc1F. The number of hydrogen-bond acceptors (Lipinski definition) is 2. The number of para-hydroxylation sites is 1. The summed E-state index contributed by atoms with van der Waals surface area (Å²) in [7, 11) is 0. The van der Waals surface area contributed by atoms with Crippen LogP contribution in [0.1, 0.15) is 17.3 Å². The first-order valence-electron chi connectivity index (χ1n) is 6.10. The van der Waals surface area contributed by atoms with Crippen LogP contribution < -0.4 is 10.1 Å². The van der Waals surface area contributed by atoms with Gasteiger partial charge in [-0.15, -0.1) is 0 Å². The van der Waals surface area contributed by atoms with E-state index in [1.165, 1.54) is 12.1 Å². The molecule has 0 unspecified atom stereocenters. The van der Waals surface area contributed by atoms with Gasteiger partial charge in [-0.1, -0.05) is 23.7 Å². The largest absolute Gasteiger partial charge is 0.493 e. The first kappa shape index (κ1) is 14.3. The van der Waals surface area contributed by atoms with Gasteiger partial charge in [0.2, 0.25) is 0 Å². The molecule has 1 amide bonds. The summed E-state index contributed by atoms with van der Waals surface area (Å²) in [6, 6.07) is 10.9. The number of hydrogen-bond donors (Lipinski definition) is 1. The molecule has 0 saturated heterocycles. The Morgan fingerprint density at radius 3 is 2.75 bits per heavy atom. The van der Waals surface area contributed by atoms with Crippen molar-refractivity contribution in [2.75, 3.05) is 11.9 Å². The highest BCUT2D eigenvalue weighted by atomic mass is 35.5. The zero-order chi connectivity index (χ0) is 14.5. The third kappa shape index (κ3) is 3.27. The van der Waals surface area contributed by atoms with Gasteiger partial charge < -0.3 is 10.1 Å².